The van der Waals surface area contributed by atoms with Crippen LogP contribution in [0.5, 0.6) is 0 Å². The van der Waals surface area contributed by atoms with E-state index in [1.54, 1.807) is 0 Å². The van der Waals surface area contributed by atoms with Gasteiger partial charge in [0.2, 0.25) is 5.95 Å². The quantitative estimate of drug-likeness (QED) is 0.682. The number of nitrogens with zero attached hydrogens (tertiary/aromatic N) is 1. The molecule has 4 heteroatoms. The summed E-state index contributed by atoms with van der Waals surface area (Å²) in [5, 5.41) is 0. The van der Waals surface area contributed by atoms with E-state index in [1.807, 2.05) is 13.8 Å². The van der Waals surface area contributed by atoms with E-state index in [1.165, 1.54) is 12.3 Å². The summed E-state index contributed by atoms with van der Waals surface area (Å²) in [7, 11) is 0. The molecule has 0 spiro atoms. The van der Waals surface area contributed by atoms with E-state index in [2.05, 4.69) is 4.98 Å². The predicted molar refractivity (Wildman–Crippen MR) is 50.4 cm³/mol. The summed E-state index contributed by atoms with van der Waals surface area (Å²) in [6.07, 6.45) is 1.43. The van der Waals surface area contributed by atoms with Crippen LogP contribution in [0.3, 0.4) is 0 Å². The molecule has 0 bridgehead atoms. The highest BCUT2D eigenvalue weighted by molar-refractivity contribution is 5.39. The number of nitrogens with two attached hydrogens (primary N) is 2. The molecule has 1 heterocycles. The molecule has 0 aliphatic carbocycles. The minimum Gasteiger partial charge on any atom is -0.395 e. The number of rotatable bonds is 2. The van der Waals surface area contributed by atoms with Gasteiger partial charge in [-0.25, -0.2) is 4.98 Å². The molecule has 1 atom stereocenters. The molecule has 1 rings (SSSR count). The number of hydrogen-bond acceptors (Lipinski definition) is 3. The summed E-state index contributed by atoms with van der Waals surface area (Å²) in [6, 6.07) is 1.39. The third kappa shape index (κ3) is 2.15. The fourth-order valence-electron chi connectivity index (χ4n) is 1.05. The van der Waals surface area contributed by atoms with Gasteiger partial charge in [-0.15, -0.1) is 0 Å². The minimum atomic E-state index is -0.639. The van der Waals surface area contributed by atoms with E-state index in [9.17, 15) is 4.39 Å². The lowest BCUT2D eigenvalue weighted by Crippen LogP contribution is -2.17. The van der Waals surface area contributed by atoms with Gasteiger partial charge in [0, 0.05) is 12.2 Å². The van der Waals surface area contributed by atoms with Crippen LogP contribution in [0.25, 0.3) is 0 Å². The van der Waals surface area contributed by atoms with Gasteiger partial charge < -0.3 is 11.5 Å². The Labute approximate surface area is 77.0 Å². The molecular weight excluding hydrogens is 169 g/mol. The van der Waals surface area contributed by atoms with Crippen molar-refractivity contribution in [2.45, 2.75) is 19.9 Å². The summed E-state index contributed by atoms with van der Waals surface area (Å²) in [5.74, 6) is -0.355. The minimum absolute atomic E-state index is 0.0496. The van der Waals surface area contributed by atoms with E-state index < -0.39 is 5.95 Å². The van der Waals surface area contributed by atoms with Crippen LogP contribution in [0.4, 0.5) is 10.1 Å². The van der Waals surface area contributed by atoms with Gasteiger partial charge in [0.25, 0.3) is 0 Å². The Balaban J connectivity index is 2.97. The molecule has 0 unspecified atom stereocenters. The smallest absolute Gasteiger partial charge is 0.236 e. The second-order valence-electron chi connectivity index (χ2n) is 3.42. The summed E-state index contributed by atoms with van der Waals surface area (Å²) < 4.78 is 12.7. The van der Waals surface area contributed by atoms with Crippen molar-refractivity contribution in [1.82, 2.24) is 4.98 Å². The lowest BCUT2D eigenvalue weighted by Gasteiger charge is -2.15. The second-order valence-corrected chi connectivity index (χ2v) is 3.42. The van der Waals surface area contributed by atoms with Crippen LogP contribution in [0, 0.1) is 11.9 Å². The molecule has 0 aromatic carbocycles. The van der Waals surface area contributed by atoms with Gasteiger partial charge in [-0.1, -0.05) is 13.8 Å². The maximum Gasteiger partial charge on any atom is 0.236 e. The normalized spacial score (nSPS) is 13.3. The zero-order valence-electron chi connectivity index (χ0n) is 7.79. The summed E-state index contributed by atoms with van der Waals surface area (Å²) in [4.78, 5) is 3.51. The van der Waals surface area contributed by atoms with Crippen molar-refractivity contribution in [2.75, 3.05) is 5.73 Å². The largest absolute Gasteiger partial charge is 0.395 e. The van der Waals surface area contributed by atoms with Gasteiger partial charge in [-0.05, 0) is 17.5 Å². The van der Waals surface area contributed by atoms with E-state index >= 15 is 0 Å². The van der Waals surface area contributed by atoms with Gasteiger partial charge >= 0.3 is 0 Å². The van der Waals surface area contributed by atoms with Gasteiger partial charge in [-0.2, -0.15) is 4.39 Å². The first-order valence-electron chi connectivity index (χ1n) is 4.19. The number of pyridine rings is 1. The fraction of sp³-hybridized carbons (Fsp3) is 0.444. The van der Waals surface area contributed by atoms with Crippen LogP contribution in [-0.2, 0) is 0 Å². The standard InChI is InChI=1S/C9H14FN3/c1-5(2)8(12)6-3-7(11)9(10)13-4-6/h3-5,8H,11-12H2,1-2H3/t8-/m1/s1. The third-order valence-electron chi connectivity index (χ3n) is 1.99. The second kappa shape index (κ2) is 3.70. The molecule has 4 N–H and O–H groups in total. The highest BCUT2D eigenvalue weighted by Crippen LogP contribution is 2.20. The molecule has 1 aromatic heterocycles. The van der Waals surface area contributed by atoms with E-state index in [0.717, 1.165) is 5.56 Å². The zero-order valence-corrected chi connectivity index (χ0v) is 7.79. The Morgan fingerprint density at radius 3 is 2.54 bits per heavy atom. The molecule has 0 saturated carbocycles. The average Bonchev–Trinajstić information content (AvgIpc) is 2.08. The first-order valence-corrected chi connectivity index (χ1v) is 4.19. The van der Waals surface area contributed by atoms with Crippen LogP contribution in [0.15, 0.2) is 12.3 Å². The third-order valence-corrected chi connectivity index (χ3v) is 1.99. The SMILES string of the molecule is CC(C)[C@@H](N)c1cnc(F)c(N)c1. The molecule has 72 valence electrons. The zero-order chi connectivity index (χ0) is 10.0. The molecule has 0 saturated heterocycles. The first kappa shape index (κ1) is 9.92. The summed E-state index contributed by atoms with van der Waals surface area (Å²) in [6.45, 7) is 3.98. The van der Waals surface area contributed by atoms with Gasteiger partial charge in [0.1, 0.15) is 0 Å². The molecule has 13 heavy (non-hydrogen) atoms. The predicted octanol–water partition coefficient (Wildman–Crippen LogP) is 1.46. The lowest BCUT2D eigenvalue weighted by molar-refractivity contribution is 0.509. The maximum absolute atomic E-state index is 12.7. The van der Waals surface area contributed by atoms with Crippen LogP contribution < -0.4 is 11.5 Å². The number of anilines is 1. The average molecular weight is 183 g/mol. The van der Waals surface area contributed by atoms with Crippen molar-refractivity contribution in [3.05, 3.63) is 23.8 Å². The fourth-order valence-corrected chi connectivity index (χ4v) is 1.05. The molecule has 0 fully saturated rings. The molecule has 1 aromatic rings. The van der Waals surface area contributed by atoms with E-state index in [4.69, 9.17) is 11.5 Å². The molecular formula is C9H14FN3. The molecule has 0 aliphatic rings. The first-order chi connectivity index (χ1) is 6.02. The Morgan fingerprint density at radius 2 is 2.08 bits per heavy atom. The topological polar surface area (TPSA) is 64.9 Å². The summed E-state index contributed by atoms with van der Waals surface area (Å²) in [5.41, 5.74) is 12.0. The van der Waals surface area contributed by atoms with Crippen molar-refractivity contribution in [3.8, 4) is 0 Å². The number of aromatic nitrogens is 1. The van der Waals surface area contributed by atoms with Crippen LogP contribution >= 0.6 is 0 Å². The van der Waals surface area contributed by atoms with Gasteiger partial charge in [-0.3, -0.25) is 0 Å². The van der Waals surface area contributed by atoms with Crippen molar-refractivity contribution in [3.63, 3.8) is 0 Å². The van der Waals surface area contributed by atoms with Crippen LogP contribution in [0.2, 0.25) is 0 Å². The Bertz CT molecular complexity index is 299. The van der Waals surface area contributed by atoms with Gasteiger partial charge in [0.05, 0.1) is 5.69 Å². The summed E-state index contributed by atoms with van der Waals surface area (Å²) >= 11 is 0. The highest BCUT2D eigenvalue weighted by atomic mass is 19.1. The number of nitrogen functional groups attached to an aromatic ring is 1. The van der Waals surface area contributed by atoms with E-state index in [-0.39, 0.29) is 17.6 Å². The van der Waals surface area contributed by atoms with Crippen molar-refractivity contribution >= 4 is 5.69 Å². The highest BCUT2D eigenvalue weighted by Gasteiger charge is 2.12. The molecule has 0 amide bonds. The van der Waals surface area contributed by atoms with Crippen molar-refractivity contribution < 1.29 is 4.39 Å². The maximum atomic E-state index is 12.7. The van der Waals surface area contributed by atoms with Crippen molar-refractivity contribution in [1.29, 1.82) is 0 Å². The van der Waals surface area contributed by atoms with Crippen LogP contribution in [0.1, 0.15) is 25.5 Å². The monoisotopic (exact) mass is 183 g/mol. The molecule has 0 radical (unpaired) electrons. The Kier molecular flexibility index (Phi) is 2.83. The Hall–Kier alpha value is -1.16. The van der Waals surface area contributed by atoms with Crippen molar-refractivity contribution in [2.24, 2.45) is 11.7 Å². The Morgan fingerprint density at radius 1 is 1.46 bits per heavy atom. The van der Waals surface area contributed by atoms with E-state index in [0.29, 0.717) is 0 Å². The van der Waals surface area contributed by atoms with Crippen LogP contribution in [-0.4, -0.2) is 4.98 Å². The number of halogens is 1. The lowest BCUT2D eigenvalue weighted by atomic mass is 9.98. The molecule has 3 nitrogen and oxygen atoms in total. The molecule has 0 aliphatic heterocycles. The van der Waals surface area contributed by atoms with Gasteiger partial charge in [0.15, 0.2) is 0 Å². The number of hydrogen-bond donors (Lipinski definition) is 2.